The summed E-state index contributed by atoms with van der Waals surface area (Å²) in [4.78, 5) is 26.6. The fourth-order valence-electron chi connectivity index (χ4n) is 1.34. The summed E-state index contributed by atoms with van der Waals surface area (Å²) in [6, 6.07) is 0.225. The van der Waals surface area contributed by atoms with Gasteiger partial charge in [-0.25, -0.2) is 9.37 Å². The number of primary amides is 1. The molecule has 6 nitrogen and oxygen atoms in total. The van der Waals surface area contributed by atoms with Crippen LogP contribution in [0.25, 0.3) is 0 Å². The van der Waals surface area contributed by atoms with Crippen LogP contribution in [0.15, 0.2) is 12.3 Å². The molecule has 0 bridgehead atoms. The highest BCUT2D eigenvalue weighted by Crippen LogP contribution is 2.13. The molecule has 0 saturated heterocycles. The third-order valence-electron chi connectivity index (χ3n) is 2.42. The van der Waals surface area contributed by atoms with E-state index < -0.39 is 23.7 Å². The Labute approximate surface area is 110 Å². The summed E-state index contributed by atoms with van der Waals surface area (Å²) < 4.78 is 13.2. The molecule has 0 aliphatic carbocycles. The van der Waals surface area contributed by atoms with Gasteiger partial charge >= 0.3 is 0 Å². The number of carbonyl (C=O) groups is 2. The maximum Gasteiger partial charge on any atom is 0.255 e. The third kappa shape index (κ3) is 4.20. The predicted octanol–water partition coefficient (Wildman–Crippen LogP) is 0.646. The molecule has 0 saturated carbocycles. The van der Waals surface area contributed by atoms with Crippen LogP contribution in [-0.4, -0.2) is 29.4 Å². The van der Waals surface area contributed by atoms with Gasteiger partial charge in [-0.05, 0) is 19.4 Å². The van der Waals surface area contributed by atoms with Crippen LogP contribution >= 0.6 is 0 Å². The van der Waals surface area contributed by atoms with Crippen LogP contribution in [0.4, 0.5) is 10.2 Å². The Morgan fingerprint density at radius 2 is 2.21 bits per heavy atom. The summed E-state index contributed by atoms with van der Waals surface area (Å²) in [7, 11) is 0. The topological polar surface area (TPSA) is 97.1 Å². The van der Waals surface area contributed by atoms with Gasteiger partial charge in [-0.2, -0.15) is 0 Å². The molecular weight excluding hydrogens is 251 g/mol. The monoisotopic (exact) mass is 268 g/mol. The number of hydrogen-bond acceptors (Lipinski definition) is 4. The van der Waals surface area contributed by atoms with Gasteiger partial charge in [0.1, 0.15) is 17.7 Å². The van der Waals surface area contributed by atoms with Gasteiger partial charge in [-0.1, -0.05) is 6.92 Å². The zero-order valence-corrected chi connectivity index (χ0v) is 10.9. The summed E-state index contributed by atoms with van der Waals surface area (Å²) >= 11 is 0. The van der Waals surface area contributed by atoms with Crippen molar-refractivity contribution < 1.29 is 14.0 Å². The fraction of sp³-hybridized carbons (Fsp3) is 0.417. The molecule has 0 spiro atoms. The lowest BCUT2D eigenvalue weighted by atomic mass is 10.2. The van der Waals surface area contributed by atoms with Crippen LogP contribution in [0, 0.1) is 5.82 Å². The molecule has 4 N–H and O–H groups in total. The van der Waals surface area contributed by atoms with E-state index >= 15 is 0 Å². The Bertz CT molecular complexity index is 479. The maximum atomic E-state index is 13.2. The van der Waals surface area contributed by atoms with Crippen molar-refractivity contribution in [3.8, 4) is 0 Å². The number of pyridine rings is 1. The molecule has 1 heterocycles. The van der Waals surface area contributed by atoms with Crippen molar-refractivity contribution in [2.24, 2.45) is 5.73 Å². The van der Waals surface area contributed by atoms with E-state index in [1.165, 1.54) is 6.92 Å². The van der Waals surface area contributed by atoms with Gasteiger partial charge in [0, 0.05) is 6.54 Å². The standard InChI is InChI=1S/C12H17FN4O2/c1-3-4-15-11-9(5-8(13)6-16-11)12(19)17-7(2)10(14)18/h5-7H,3-4H2,1-2H3,(H2,14,18)(H,15,16)(H,17,19). The summed E-state index contributed by atoms with van der Waals surface area (Å²) in [5.41, 5.74) is 5.09. The number of nitrogens with zero attached hydrogens (tertiary/aromatic N) is 1. The van der Waals surface area contributed by atoms with Gasteiger partial charge in [-0.15, -0.1) is 0 Å². The normalized spacial score (nSPS) is 11.7. The molecule has 0 radical (unpaired) electrons. The van der Waals surface area contributed by atoms with Crippen molar-refractivity contribution in [3.05, 3.63) is 23.6 Å². The quantitative estimate of drug-likeness (QED) is 0.705. The van der Waals surface area contributed by atoms with Gasteiger partial charge in [0.25, 0.3) is 5.91 Å². The van der Waals surface area contributed by atoms with E-state index in [4.69, 9.17) is 5.73 Å². The van der Waals surface area contributed by atoms with Gasteiger partial charge < -0.3 is 16.4 Å². The van der Waals surface area contributed by atoms with E-state index in [9.17, 15) is 14.0 Å². The van der Waals surface area contributed by atoms with Crippen molar-refractivity contribution in [1.29, 1.82) is 0 Å². The molecule has 0 fully saturated rings. The Balaban J connectivity index is 2.93. The Kier molecular flexibility index (Phi) is 5.23. The van der Waals surface area contributed by atoms with Crippen molar-refractivity contribution in [1.82, 2.24) is 10.3 Å². The second-order valence-corrected chi connectivity index (χ2v) is 4.07. The van der Waals surface area contributed by atoms with Crippen molar-refractivity contribution in [2.75, 3.05) is 11.9 Å². The lowest BCUT2D eigenvalue weighted by Gasteiger charge is -2.13. The van der Waals surface area contributed by atoms with E-state index in [0.29, 0.717) is 6.54 Å². The molecule has 1 rings (SSSR count). The van der Waals surface area contributed by atoms with E-state index in [-0.39, 0.29) is 11.4 Å². The third-order valence-corrected chi connectivity index (χ3v) is 2.42. The molecule has 7 heteroatoms. The lowest BCUT2D eigenvalue weighted by Crippen LogP contribution is -2.42. The second-order valence-electron chi connectivity index (χ2n) is 4.07. The van der Waals surface area contributed by atoms with Gasteiger partial charge in [0.15, 0.2) is 0 Å². The number of halogens is 1. The van der Waals surface area contributed by atoms with Crippen LogP contribution in [0.1, 0.15) is 30.6 Å². The highest BCUT2D eigenvalue weighted by Gasteiger charge is 2.18. The lowest BCUT2D eigenvalue weighted by molar-refractivity contribution is -0.119. The first-order chi connectivity index (χ1) is 8.95. The van der Waals surface area contributed by atoms with Gasteiger partial charge in [0.05, 0.1) is 11.8 Å². The predicted molar refractivity (Wildman–Crippen MR) is 69.1 cm³/mol. The van der Waals surface area contributed by atoms with Crippen molar-refractivity contribution in [3.63, 3.8) is 0 Å². The first-order valence-electron chi connectivity index (χ1n) is 5.95. The minimum atomic E-state index is -0.838. The van der Waals surface area contributed by atoms with Crippen LogP contribution in [0.5, 0.6) is 0 Å². The highest BCUT2D eigenvalue weighted by atomic mass is 19.1. The van der Waals surface area contributed by atoms with E-state index in [0.717, 1.165) is 18.7 Å². The Morgan fingerprint density at radius 3 is 2.79 bits per heavy atom. The zero-order valence-electron chi connectivity index (χ0n) is 10.9. The number of nitrogens with two attached hydrogens (primary N) is 1. The second kappa shape index (κ2) is 6.67. The van der Waals surface area contributed by atoms with Crippen LogP contribution in [0.3, 0.4) is 0 Å². The average Bonchev–Trinajstić information content (AvgIpc) is 2.36. The molecule has 0 aliphatic rings. The first-order valence-corrected chi connectivity index (χ1v) is 5.95. The minimum absolute atomic E-state index is 0.0431. The number of nitrogens with one attached hydrogen (secondary N) is 2. The largest absolute Gasteiger partial charge is 0.369 e. The number of anilines is 1. The van der Waals surface area contributed by atoms with E-state index in [1.807, 2.05) is 6.92 Å². The number of aromatic nitrogens is 1. The van der Waals surface area contributed by atoms with Crippen LogP contribution in [-0.2, 0) is 4.79 Å². The molecular formula is C12H17FN4O2. The molecule has 0 aromatic carbocycles. The van der Waals surface area contributed by atoms with Crippen LogP contribution < -0.4 is 16.4 Å². The molecule has 1 unspecified atom stereocenters. The number of hydrogen-bond donors (Lipinski definition) is 3. The zero-order chi connectivity index (χ0) is 14.4. The average molecular weight is 268 g/mol. The molecule has 1 atom stereocenters. The van der Waals surface area contributed by atoms with Crippen molar-refractivity contribution >= 4 is 17.6 Å². The van der Waals surface area contributed by atoms with Crippen LogP contribution in [0.2, 0.25) is 0 Å². The number of rotatable bonds is 6. The molecule has 0 aliphatic heterocycles. The Morgan fingerprint density at radius 1 is 1.53 bits per heavy atom. The van der Waals surface area contributed by atoms with E-state index in [2.05, 4.69) is 15.6 Å². The number of amides is 2. The van der Waals surface area contributed by atoms with Crippen molar-refractivity contribution in [2.45, 2.75) is 26.3 Å². The molecule has 104 valence electrons. The van der Waals surface area contributed by atoms with E-state index in [1.54, 1.807) is 0 Å². The maximum absolute atomic E-state index is 13.2. The SMILES string of the molecule is CCCNc1ncc(F)cc1C(=O)NC(C)C(N)=O. The molecule has 1 aromatic heterocycles. The van der Waals surface area contributed by atoms with Gasteiger partial charge in [-0.3, -0.25) is 9.59 Å². The summed E-state index contributed by atoms with van der Waals surface area (Å²) in [5.74, 6) is -1.62. The molecule has 1 aromatic rings. The summed E-state index contributed by atoms with van der Waals surface area (Å²) in [6.45, 7) is 4.00. The molecule has 19 heavy (non-hydrogen) atoms. The Hall–Kier alpha value is -2.18. The first kappa shape index (κ1) is 14.9. The molecule has 2 amide bonds. The number of carbonyl (C=O) groups excluding carboxylic acids is 2. The summed E-state index contributed by atoms with van der Waals surface area (Å²) in [6.07, 6.45) is 1.85. The smallest absolute Gasteiger partial charge is 0.255 e. The fourth-order valence-corrected chi connectivity index (χ4v) is 1.34. The van der Waals surface area contributed by atoms with Gasteiger partial charge in [0.2, 0.25) is 5.91 Å². The highest BCUT2D eigenvalue weighted by molar-refractivity contribution is 6.00. The minimum Gasteiger partial charge on any atom is -0.369 e. The summed E-state index contributed by atoms with van der Waals surface area (Å²) in [5, 5.41) is 5.30.